The van der Waals surface area contributed by atoms with Crippen LogP contribution in [0.4, 0.5) is 10.2 Å². The minimum atomic E-state index is -0.396. The quantitative estimate of drug-likeness (QED) is 0.447. The molecule has 2 aromatic carbocycles. The summed E-state index contributed by atoms with van der Waals surface area (Å²) in [5.41, 5.74) is 3.20. The van der Waals surface area contributed by atoms with E-state index in [9.17, 15) is 9.18 Å². The molecular weight excluding hydrogens is 400 g/mol. The molecule has 4 aromatic rings. The van der Waals surface area contributed by atoms with E-state index in [2.05, 4.69) is 10.3 Å². The first-order valence-electron chi connectivity index (χ1n) is 8.43. The Morgan fingerprint density at radius 3 is 2.54 bits per heavy atom. The minimum Gasteiger partial charge on any atom is -0.306 e. The predicted octanol–water partition coefficient (Wildman–Crippen LogP) is 6.01. The molecule has 0 saturated heterocycles. The summed E-state index contributed by atoms with van der Waals surface area (Å²) in [6.07, 6.45) is 1.82. The highest BCUT2D eigenvalue weighted by molar-refractivity contribution is 6.37. The number of hydrogen-bond acceptors (Lipinski definition) is 2. The van der Waals surface area contributed by atoms with E-state index in [1.54, 1.807) is 28.7 Å². The van der Waals surface area contributed by atoms with Gasteiger partial charge in [-0.2, -0.15) is 0 Å². The number of carbonyl (C=O) groups excluding carboxylic acids is 1. The first kappa shape index (κ1) is 18.5. The molecule has 0 spiro atoms. The molecule has 4 nitrogen and oxygen atoms in total. The number of nitrogens with zero attached hydrogens (tertiary/aromatic N) is 2. The van der Waals surface area contributed by atoms with Gasteiger partial charge in [0.2, 0.25) is 0 Å². The number of rotatable bonds is 3. The van der Waals surface area contributed by atoms with Crippen LogP contribution in [-0.4, -0.2) is 15.3 Å². The number of imidazole rings is 1. The van der Waals surface area contributed by atoms with E-state index in [4.69, 9.17) is 23.2 Å². The number of halogens is 3. The van der Waals surface area contributed by atoms with E-state index in [1.807, 2.05) is 25.3 Å². The zero-order chi connectivity index (χ0) is 19.8. The van der Waals surface area contributed by atoms with Crippen LogP contribution in [0.5, 0.6) is 0 Å². The van der Waals surface area contributed by atoms with Gasteiger partial charge in [0.05, 0.1) is 10.6 Å². The maximum atomic E-state index is 13.3. The summed E-state index contributed by atoms with van der Waals surface area (Å²) in [7, 11) is 0. The zero-order valence-electron chi connectivity index (χ0n) is 14.7. The molecule has 4 rings (SSSR count). The molecule has 0 fully saturated rings. The fraction of sp³-hybridized carbons (Fsp3) is 0.0476. The van der Waals surface area contributed by atoms with Gasteiger partial charge in [0.15, 0.2) is 0 Å². The fourth-order valence-corrected chi connectivity index (χ4v) is 3.42. The van der Waals surface area contributed by atoms with Crippen molar-refractivity contribution in [2.45, 2.75) is 6.92 Å². The molecule has 0 aliphatic heterocycles. The summed E-state index contributed by atoms with van der Waals surface area (Å²) in [4.78, 5) is 17.5. The second kappa shape index (κ2) is 7.26. The van der Waals surface area contributed by atoms with Gasteiger partial charge in [-0.3, -0.25) is 9.20 Å². The van der Waals surface area contributed by atoms with E-state index in [1.165, 1.54) is 18.2 Å². The SMILES string of the molecule is Cc1ccn2c(NC(=O)c3ccc(Cl)cc3Cl)c(-c3ccc(F)cc3)nc2c1. The Hall–Kier alpha value is -2.89. The number of aryl methyl sites for hydroxylation is 1. The third-order valence-corrected chi connectivity index (χ3v) is 4.85. The van der Waals surface area contributed by atoms with Crippen LogP contribution in [0, 0.1) is 12.7 Å². The van der Waals surface area contributed by atoms with Crippen molar-refractivity contribution >= 4 is 40.6 Å². The van der Waals surface area contributed by atoms with Gasteiger partial charge in [0, 0.05) is 16.8 Å². The molecule has 0 unspecified atom stereocenters. The van der Waals surface area contributed by atoms with Gasteiger partial charge in [0.1, 0.15) is 23.0 Å². The van der Waals surface area contributed by atoms with Crippen molar-refractivity contribution in [3.63, 3.8) is 0 Å². The summed E-state index contributed by atoms with van der Waals surface area (Å²) in [5, 5.41) is 3.57. The number of hydrogen-bond donors (Lipinski definition) is 1. The molecule has 1 N–H and O–H groups in total. The second-order valence-corrected chi connectivity index (χ2v) is 7.17. The van der Waals surface area contributed by atoms with Gasteiger partial charge in [0.25, 0.3) is 5.91 Å². The molecule has 28 heavy (non-hydrogen) atoms. The highest BCUT2D eigenvalue weighted by Gasteiger charge is 2.19. The van der Waals surface area contributed by atoms with Crippen LogP contribution >= 0.6 is 23.2 Å². The summed E-state index contributed by atoms with van der Waals surface area (Å²) in [6, 6.07) is 14.4. The van der Waals surface area contributed by atoms with Crippen molar-refractivity contribution in [2.75, 3.05) is 5.32 Å². The summed E-state index contributed by atoms with van der Waals surface area (Å²) < 4.78 is 15.1. The van der Waals surface area contributed by atoms with Crippen LogP contribution in [0.2, 0.25) is 10.0 Å². The largest absolute Gasteiger partial charge is 0.306 e. The number of nitrogens with one attached hydrogen (secondary N) is 1. The Kier molecular flexibility index (Phi) is 4.79. The molecule has 2 heterocycles. The number of amides is 1. The van der Waals surface area contributed by atoms with Crippen molar-refractivity contribution in [1.29, 1.82) is 0 Å². The summed E-state index contributed by atoms with van der Waals surface area (Å²) >= 11 is 12.1. The monoisotopic (exact) mass is 413 g/mol. The van der Waals surface area contributed by atoms with Crippen LogP contribution < -0.4 is 5.32 Å². The number of pyridine rings is 1. The Morgan fingerprint density at radius 1 is 1.07 bits per heavy atom. The molecule has 0 aliphatic carbocycles. The summed E-state index contributed by atoms with van der Waals surface area (Å²) in [5.74, 6) is -0.271. The number of fused-ring (bicyclic) bond motifs is 1. The lowest BCUT2D eigenvalue weighted by atomic mass is 10.1. The average Bonchev–Trinajstić information content (AvgIpc) is 2.99. The third kappa shape index (κ3) is 3.46. The van der Waals surface area contributed by atoms with Gasteiger partial charge in [-0.1, -0.05) is 23.2 Å². The number of aromatic nitrogens is 2. The Balaban J connectivity index is 1.83. The number of carbonyl (C=O) groups is 1. The first-order chi connectivity index (χ1) is 13.4. The molecule has 140 valence electrons. The second-order valence-electron chi connectivity index (χ2n) is 6.33. The standard InChI is InChI=1S/C21H14Cl2FN3O/c1-12-8-9-27-18(10-12)25-19(13-2-5-15(24)6-3-13)20(27)26-21(28)16-7-4-14(22)11-17(16)23/h2-11H,1H3,(H,26,28). The van der Waals surface area contributed by atoms with Crippen LogP contribution in [0.15, 0.2) is 60.8 Å². The van der Waals surface area contributed by atoms with Crippen molar-refractivity contribution in [3.8, 4) is 11.3 Å². The smallest absolute Gasteiger partial charge is 0.258 e. The molecular formula is C21H14Cl2FN3O. The van der Waals surface area contributed by atoms with Crippen LogP contribution in [0.3, 0.4) is 0 Å². The van der Waals surface area contributed by atoms with Gasteiger partial charge >= 0.3 is 0 Å². The number of benzene rings is 2. The molecule has 1 amide bonds. The maximum Gasteiger partial charge on any atom is 0.258 e. The van der Waals surface area contributed by atoms with Crippen molar-refractivity contribution < 1.29 is 9.18 Å². The van der Waals surface area contributed by atoms with E-state index in [0.717, 1.165) is 5.56 Å². The average molecular weight is 414 g/mol. The zero-order valence-corrected chi connectivity index (χ0v) is 16.2. The normalized spacial score (nSPS) is 11.0. The Labute approximate surface area is 170 Å². The molecule has 0 radical (unpaired) electrons. The van der Waals surface area contributed by atoms with Crippen LogP contribution in [0.1, 0.15) is 15.9 Å². The van der Waals surface area contributed by atoms with Crippen molar-refractivity contribution in [3.05, 3.63) is 87.8 Å². The van der Waals surface area contributed by atoms with Gasteiger partial charge < -0.3 is 5.32 Å². The lowest BCUT2D eigenvalue weighted by Gasteiger charge is -2.09. The minimum absolute atomic E-state index is 0.248. The van der Waals surface area contributed by atoms with Gasteiger partial charge in [-0.15, -0.1) is 0 Å². The lowest BCUT2D eigenvalue weighted by Crippen LogP contribution is -2.14. The highest BCUT2D eigenvalue weighted by atomic mass is 35.5. The van der Waals surface area contributed by atoms with E-state index in [-0.39, 0.29) is 16.4 Å². The molecule has 7 heteroatoms. The molecule has 0 atom stereocenters. The molecule has 0 aliphatic rings. The maximum absolute atomic E-state index is 13.3. The summed E-state index contributed by atoms with van der Waals surface area (Å²) in [6.45, 7) is 1.96. The van der Waals surface area contributed by atoms with Gasteiger partial charge in [-0.05, 0) is 67.1 Å². The first-order valence-corrected chi connectivity index (χ1v) is 9.19. The fourth-order valence-electron chi connectivity index (χ4n) is 2.92. The third-order valence-electron chi connectivity index (χ3n) is 4.31. The highest BCUT2D eigenvalue weighted by Crippen LogP contribution is 2.30. The Bertz CT molecular complexity index is 1200. The van der Waals surface area contributed by atoms with Crippen LogP contribution in [-0.2, 0) is 0 Å². The topological polar surface area (TPSA) is 46.4 Å². The molecule has 0 bridgehead atoms. The van der Waals surface area contributed by atoms with Crippen molar-refractivity contribution in [1.82, 2.24) is 9.38 Å². The lowest BCUT2D eigenvalue weighted by molar-refractivity contribution is 0.102. The number of anilines is 1. The predicted molar refractivity (Wildman–Crippen MR) is 110 cm³/mol. The molecule has 0 saturated carbocycles. The van der Waals surface area contributed by atoms with E-state index < -0.39 is 5.91 Å². The van der Waals surface area contributed by atoms with Crippen molar-refractivity contribution in [2.24, 2.45) is 0 Å². The molecule has 2 aromatic heterocycles. The van der Waals surface area contributed by atoms with E-state index >= 15 is 0 Å². The van der Waals surface area contributed by atoms with Crippen LogP contribution in [0.25, 0.3) is 16.9 Å². The van der Waals surface area contributed by atoms with Gasteiger partial charge in [-0.25, -0.2) is 9.37 Å². The van der Waals surface area contributed by atoms with E-state index in [0.29, 0.717) is 27.7 Å². The Morgan fingerprint density at radius 2 is 1.82 bits per heavy atom.